The molecule has 1 N–H and O–H groups in total. The fourth-order valence-corrected chi connectivity index (χ4v) is 0.813. The van der Waals surface area contributed by atoms with Crippen molar-refractivity contribution in [1.82, 2.24) is 15.0 Å². The van der Waals surface area contributed by atoms with Gasteiger partial charge >= 0.3 is 0 Å². The highest BCUT2D eigenvalue weighted by Crippen LogP contribution is 2.04. The summed E-state index contributed by atoms with van der Waals surface area (Å²) in [5.74, 6) is 0. The van der Waals surface area contributed by atoms with Gasteiger partial charge in [0.05, 0.1) is 18.5 Å². The van der Waals surface area contributed by atoms with Crippen molar-refractivity contribution < 1.29 is 5.11 Å². The smallest absolute Gasteiger partial charge is 0.0866 e. The van der Waals surface area contributed by atoms with Gasteiger partial charge in [-0.3, -0.25) is 0 Å². The van der Waals surface area contributed by atoms with Crippen LogP contribution in [0.15, 0.2) is 6.20 Å². The largest absolute Gasteiger partial charge is 0.390 e. The third-order valence-electron chi connectivity index (χ3n) is 1.30. The zero-order valence-electron chi connectivity index (χ0n) is 6.15. The first-order chi connectivity index (χ1) is 4.75. The van der Waals surface area contributed by atoms with Crippen molar-refractivity contribution in [2.45, 2.75) is 26.5 Å². The minimum Gasteiger partial charge on any atom is -0.390 e. The van der Waals surface area contributed by atoms with E-state index in [0.717, 1.165) is 5.69 Å². The topological polar surface area (TPSA) is 50.9 Å². The molecule has 56 valence electrons. The highest BCUT2D eigenvalue weighted by molar-refractivity contribution is 4.91. The number of aromatic nitrogens is 3. The number of hydrogen-bond donors (Lipinski definition) is 1. The predicted octanol–water partition coefficient (Wildman–Crippen LogP) is 0.351. The van der Waals surface area contributed by atoms with E-state index in [1.165, 1.54) is 0 Å². The lowest BCUT2D eigenvalue weighted by Gasteiger charge is -2.06. The first-order valence-electron chi connectivity index (χ1n) is 3.25. The Bertz CT molecular complexity index is 207. The first-order valence-corrected chi connectivity index (χ1v) is 3.25. The molecule has 0 radical (unpaired) electrons. The fourth-order valence-electron chi connectivity index (χ4n) is 0.813. The maximum Gasteiger partial charge on any atom is 0.0866 e. The molecule has 0 amide bonds. The first kappa shape index (κ1) is 7.21. The molecule has 1 aromatic rings. The standard InChI is InChI=1S/C6H11N3O/c1-5(2)9-6(4-10)3-7-8-9/h3,5,10H,4H2,1-2H3. The summed E-state index contributed by atoms with van der Waals surface area (Å²) in [4.78, 5) is 0. The lowest BCUT2D eigenvalue weighted by molar-refractivity contribution is 0.264. The van der Waals surface area contributed by atoms with Crippen LogP contribution in [0.5, 0.6) is 0 Å². The van der Waals surface area contributed by atoms with E-state index in [1.54, 1.807) is 10.9 Å². The lowest BCUT2D eigenvalue weighted by Crippen LogP contribution is -2.07. The van der Waals surface area contributed by atoms with E-state index in [1.807, 2.05) is 13.8 Å². The van der Waals surface area contributed by atoms with Crippen LogP contribution >= 0.6 is 0 Å². The van der Waals surface area contributed by atoms with Crippen LogP contribution in [0.3, 0.4) is 0 Å². The third kappa shape index (κ3) is 1.16. The molecule has 0 bridgehead atoms. The number of aliphatic hydroxyl groups is 1. The van der Waals surface area contributed by atoms with Crippen molar-refractivity contribution in [2.75, 3.05) is 0 Å². The van der Waals surface area contributed by atoms with Gasteiger partial charge < -0.3 is 5.11 Å². The van der Waals surface area contributed by atoms with Gasteiger partial charge in [0.25, 0.3) is 0 Å². The maximum atomic E-state index is 8.76. The molecule has 0 fully saturated rings. The summed E-state index contributed by atoms with van der Waals surface area (Å²) >= 11 is 0. The Labute approximate surface area is 59.5 Å². The molecule has 0 aliphatic heterocycles. The number of nitrogens with zero attached hydrogens (tertiary/aromatic N) is 3. The fraction of sp³-hybridized carbons (Fsp3) is 0.667. The van der Waals surface area contributed by atoms with Gasteiger partial charge in [-0.05, 0) is 13.8 Å². The van der Waals surface area contributed by atoms with Crippen molar-refractivity contribution in [1.29, 1.82) is 0 Å². The molecule has 0 aliphatic rings. The summed E-state index contributed by atoms with van der Waals surface area (Å²) in [5.41, 5.74) is 0.759. The average Bonchev–Trinajstić information content (AvgIpc) is 2.33. The second-order valence-corrected chi connectivity index (χ2v) is 2.42. The van der Waals surface area contributed by atoms with Gasteiger partial charge in [0, 0.05) is 6.04 Å². The molecule has 0 unspecified atom stereocenters. The number of aliphatic hydroxyl groups excluding tert-OH is 1. The monoisotopic (exact) mass is 141 g/mol. The molecule has 0 saturated heterocycles. The summed E-state index contributed by atoms with van der Waals surface area (Å²) in [6, 6.07) is 0.268. The highest BCUT2D eigenvalue weighted by Gasteiger charge is 2.03. The summed E-state index contributed by atoms with van der Waals surface area (Å²) in [6.45, 7) is 3.99. The van der Waals surface area contributed by atoms with Gasteiger partial charge in [0.15, 0.2) is 0 Å². The molecule has 1 heterocycles. The van der Waals surface area contributed by atoms with Crippen LogP contribution in [0.2, 0.25) is 0 Å². The highest BCUT2D eigenvalue weighted by atomic mass is 16.3. The predicted molar refractivity (Wildman–Crippen MR) is 36.3 cm³/mol. The van der Waals surface area contributed by atoms with Crippen molar-refractivity contribution >= 4 is 0 Å². The second kappa shape index (κ2) is 2.79. The van der Waals surface area contributed by atoms with E-state index in [-0.39, 0.29) is 12.6 Å². The summed E-state index contributed by atoms with van der Waals surface area (Å²) in [6.07, 6.45) is 1.57. The van der Waals surface area contributed by atoms with Gasteiger partial charge in [-0.2, -0.15) is 0 Å². The third-order valence-corrected chi connectivity index (χ3v) is 1.30. The Morgan fingerprint density at radius 2 is 2.40 bits per heavy atom. The lowest BCUT2D eigenvalue weighted by atomic mass is 10.4. The zero-order chi connectivity index (χ0) is 7.56. The maximum absolute atomic E-state index is 8.76. The molecular weight excluding hydrogens is 130 g/mol. The number of hydrogen-bond acceptors (Lipinski definition) is 3. The zero-order valence-corrected chi connectivity index (χ0v) is 6.15. The number of rotatable bonds is 2. The molecule has 0 spiro atoms. The van der Waals surface area contributed by atoms with Crippen LogP contribution in [0.4, 0.5) is 0 Å². The van der Waals surface area contributed by atoms with E-state index in [9.17, 15) is 0 Å². The van der Waals surface area contributed by atoms with Gasteiger partial charge in [-0.15, -0.1) is 5.10 Å². The van der Waals surface area contributed by atoms with Crippen molar-refractivity contribution in [2.24, 2.45) is 0 Å². The summed E-state index contributed by atoms with van der Waals surface area (Å²) < 4.78 is 1.69. The Balaban J connectivity index is 2.90. The van der Waals surface area contributed by atoms with E-state index >= 15 is 0 Å². The average molecular weight is 141 g/mol. The van der Waals surface area contributed by atoms with Crippen LogP contribution in [0, 0.1) is 0 Å². The van der Waals surface area contributed by atoms with Crippen molar-refractivity contribution in [3.63, 3.8) is 0 Å². The van der Waals surface area contributed by atoms with Gasteiger partial charge in [-0.1, -0.05) is 5.21 Å². The molecule has 4 nitrogen and oxygen atoms in total. The van der Waals surface area contributed by atoms with Crippen LogP contribution in [0.1, 0.15) is 25.6 Å². The Hall–Kier alpha value is -0.900. The van der Waals surface area contributed by atoms with Gasteiger partial charge in [0.2, 0.25) is 0 Å². The van der Waals surface area contributed by atoms with Crippen molar-refractivity contribution in [3.05, 3.63) is 11.9 Å². The minimum absolute atomic E-state index is 0.00514. The Kier molecular flexibility index (Phi) is 2.01. The molecule has 0 atom stereocenters. The second-order valence-electron chi connectivity index (χ2n) is 2.42. The van der Waals surface area contributed by atoms with Crippen LogP contribution in [-0.4, -0.2) is 20.1 Å². The van der Waals surface area contributed by atoms with E-state index in [2.05, 4.69) is 10.3 Å². The normalized spacial score (nSPS) is 10.8. The van der Waals surface area contributed by atoms with Crippen molar-refractivity contribution in [3.8, 4) is 0 Å². The molecule has 10 heavy (non-hydrogen) atoms. The Morgan fingerprint density at radius 1 is 1.70 bits per heavy atom. The molecule has 0 saturated carbocycles. The van der Waals surface area contributed by atoms with E-state index in [0.29, 0.717) is 0 Å². The van der Waals surface area contributed by atoms with Crippen LogP contribution in [-0.2, 0) is 6.61 Å². The molecule has 0 aliphatic carbocycles. The van der Waals surface area contributed by atoms with Gasteiger partial charge in [-0.25, -0.2) is 4.68 Å². The molecule has 1 aromatic heterocycles. The molecule has 0 aromatic carbocycles. The molecule has 4 heteroatoms. The quantitative estimate of drug-likeness (QED) is 0.646. The summed E-state index contributed by atoms with van der Waals surface area (Å²) in [7, 11) is 0. The van der Waals surface area contributed by atoms with Crippen LogP contribution < -0.4 is 0 Å². The SMILES string of the molecule is CC(C)n1nncc1CO. The Morgan fingerprint density at radius 3 is 2.80 bits per heavy atom. The minimum atomic E-state index is 0.00514. The summed E-state index contributed by atoms with van der Waals surface area (Å²) in [5, 5.41) is 16.2. The molecule has 1 rings (SSSR count). The van der Waals surface area contributed by atoms with Crippen LogP contribution in [0.25, 0.3) is 0 Å². The van der Waals surface area contributed by atoms with E-state index in [4.69, 9.17) is 5.11 Å². The van der Waals surface area contributed by atoms with E-state index < -0.39 is 0 Å². The van der Waals surface area contributed by atoms with Gasteiger partial charge in [0.1, 0.15) is 0 Å². The molecular formula is C6H11N3O.